The van der Waals surface area contributed by atoms with E-state index in [1.807, 2.05) is 6.92 Å². The molecule has 0 bridgehead atoms. The number of fused-ring (bicyclic) bond motifs is 4. The molecule has 0 heterocycles. The zero-order valence-corrected chi connectivity index (χ0v) is 21.2. The summed E-state index contributed by atoms with van der Waals surface area (Å²) in [5.74, 6) is 3.60. The average Bonchev–Trinajstić information content (AvgIpc) is 3.08. The topological polar surface area (TPSA) is 37.3 Å². The smallest absolute Gasteiger partial charge is 0.128 e. The molecule has 0 aromatic heterocycles. The van der Waals surface area contributed by atoms with Crippen molar-refractivity contribution in [2.24, 2.45) is 45.8 Å². The number of aldehydes is 1. The van der Waals surface area contributed by atoms with E-state index >= 15 is 0 Å². The summed E-state index contributed by atoms with van der Waals surface area (Å²) in [7, 11) is 0. The molecule has 4 aliphatic rings. The third kappa shape index (κ3) is 3.58. The molecule has 4 unspecified atom stereocenters. The predicted molar refractivity (Wildman–Crippen MR) is 129 cm³/mol. The van der Waals surface area contributed by atoms with Gasteiger partial charge in [-0.25, -0.2) is 0 Å². The molecule has 31 heavy (non-hydrogen) atoms. The second-order valence-corrected chi connectivity index (χ2v) is 13.1. The fourth-order valence-corrected chi connectivity index (χ4v) is 9.21. The van der Waals surface area contributed by atoms with Gasteiger partial charge in [-0.1, -0.05) is 72.0 Å². The van der Waals surface area contributed by atoms with Gasteiger partial charge >= 0.3 is 0 Å². The SMILES string of the molecule is CC(C)CCCC(C)C1CCC2C3=C(CC[C@@]21C)[C@@]1(C)CC[C@H](O)[C@@](C)(C=O)C1CC3. The Morgan fingerprint density at radius 3 is 2.42 bits per heavy atom. The van der Waals surface area contributed by atoms with Gasteiger partial charge in [0.2, 0.25) is 0 Å². The van der Waals surface area contributed by atoms with Gasteiger partial charge in [0.1, 0.15) is 6.29 Å². The zero-order chi connectivity index (χ0) is 22.6. The Bertz CT molecular complexity index is 722. The number of hydrogen-bond donors (Lipinski definition) is 1. The third-order valence-electron chi connectivity index (χ3n) is 11.1. The molecule has 0 aliphatic heterocycles. The molecule has 2 nitrogen and oxygen atoms in total. The van der Waals surface area contributed by atoms with E-state index in [-0.39, 0.29) is 5.41 Å². The summed E-state index contributed by atoms with van der Waals surface area (Å²) in [4.78, 5) is 12.2. The summed E-state index contributed by atoms with van der Waals surface area (Å²) < 4.78 is 0. The van der Waals surface area contributed by atoms with Crippen molar-refractivity contribution in [2.75, 3.05) is 0 Å². The van der Waals surface area contributed by atoms with Gasteiger partial charge in [-0.05, 0) is 91.8 Å². The molecule has 0 aromatic carbocycles. The van der Waals surface area contributed by atoms with E-state index in [1.165, 1.54) is 51.4 Å². The van der Waals surface area contributed by atoms with Gasteiger partial charge in [-0.3, -0.25) is 0 Å². The third-order valence-corrected chi connectivity index (χ3v) is 11.1. The van der Waals surface area contributed by atoms with Gasteiger partial charge in [-0.15, -0.1) is 0 Å². The maximum absolute atomic E-state index is 12.2. The molecule has 0 amide bonds. The van der Waals surface area contributed by atoms with Crippen LogP contribution in [0.1, 0.15) is 112 Å². The number of aliphatic hydroxyl groups is 1. The standard InChI is InChI=1S/C29H48O2/c1-19(2)8-7-9-20(3)22-11-12-23-21-10-13-25-28(5,24(21)14-16-27(22,23)4)17-15-26(31)29(25,6)18-30/h18-20,22-23,25-26,31H,7-17H2,1-6H3/t20?,22?,23?,25?,26-,27+,28+,29-/m0/s1. The lowest BCUT2D eigenvalue weighted by Crippen LogP contribution is -2.55. The minimum Gasteiger partial charge on any atom is -0.392 e. The number of rotatable bonds is 6. The van der Waals surface area contributed by atoms with E-state index in [9.17, 15) is 9.90 Å². The average molecular weight is 429 g/mol. The lowest BCUT2D eigenvalue weighted by molar-refractivity contribution is -0.142. The fourth-order valence-electron chi connectivity index (χ4n) is 9.21. The van der Waals surface area contributed by atoms with Crippen LogP contribution in [-0.4, -0.2) is 17.5 Å². The first kappa shape index (κ1) is 23.5. The molecule has 4 aliphatic carbocycles. The number of allylic oxidation sites excluding steroid dienone is 2. The van der Waals surface area contributed by atoms with Crippen LogP contribution >= 0.6 is 0 Å². The van der Waals surface area contributed by atoms with Gasteiger partial charge in [0.05, 0.1) is 11.5 Å². The van der Waals surface area contributed by atoms with Crippen LogP contribution in [0.5, 0.6) is 0 Å². The van der Waals surface area contributed by atoms with Crippen molar-refractivity contribution in [3.63, 3.8) is 0 Å². The number of carbonyl (C=O) groups excluding carboxylic acids is 1. The molecule has 4 rings (SSSR count). The van der Waals surface area contributed by atoms with Crippen LogP contribution in [0, 0.1) is 45.8 Å². The van der Waals surface area contributed by atoms with E-state index in [1.54, 1.807) is 11.1 Å². The van der Waals surface area contributed by atoms with Crippen molar-refractivity contribution < 1.29 is 9.90 Å². The lowest BCUT2D eigenvalue weighted by Gasteiger charge is -2.59. The summed E-state index contributed by atoms with van der Waals surface area (Å²) in [6.07, 6.45) is 14.2. The highest BCUT2D eigenvalue weighted by atomic mass is 16.3. The Balaban J connectivity index is 1.58. The second-order valence-electron chi connectivity index (χ2n) is 13.1. The van der Waals surface area contributed by atoms with Gasteiger partial charge in [0, 0.05) is 0 Å². The molecule has 0 saturated heterocycles. The van der Waals surface area contributed by atoms with Crippen molar-refractivity contribution in [1.29, 1.82) is 0 Å². The molecule has 2 saturated carbocycles. The van der Waals surface area contributed by atoms with Crippen LogP contribution in [0.4, 0.5) is 0 Å². The van der Waals surface area contributed by atoms with E-state index in [0.717, 1.165) is 49.2 Å². The molecule has 2 heteroatoms. The van der Waals surface area contributed by atoms with E-state index in [4.69, 9.17) is 0 Å². The molecule has 8 atom stereocenters. The molecule has 0 aromatic rings. The maximum Gasteiger partial charge on any atom is 0.128 e. The van der Waals surface area contributed by atoms with Gasteiger partial charge in [0.15, 0.2) is 0 Å². The molecule has 0 radical (unpaired) electrons. The van der Waals surface area contributed by atoms with Gasteiger partial charge < -0.3 is 9.90 Å². The lowest BCUT2D eigenvalue weighted by atomic mass is 9.45. The van der Waals surface area contributed by atoms with Crippen LogP contribution in [-0.2, 0) is 4.79 Å². The number of aliphatic hydroxyl groups excluding tert-OH is 1. The highest BCUT2D eigenvalue weighted by Gasteiger charge is 2.60. The molecular weight excluding hydrogens is 380 g/mol. The molecule has 0 spiro atoms. The predicted octanol–water partition coefficient (Wildman–Crippen LogP) is 7.35. The fraction of sp³-hybridized carbons (Fsp3) is 0.897. The van der Waals surface area contributed by atoms with E-state index in [2.05, 4.69) is 34.6 Å². The minimum atomic E-state index is -0.574. The molecule has 1 N–H and O–H groups in total. The Hall–Kier alpha value is -0.630. The highest BCUT2D eigenvalue weighted by Crippen LogP contribution is 2.67. The van der Waals surface area contributed by atoms with Crippen molar-refractivity contribution in [3.8, 4) is 0 Å². The summed E-state index contributed by atoms with van der Waals surface area (Å²) in [6.45, 7) is 14.4. The Labute approximate surface area is 191 Å². The van der Waals surface area contributed by atoms with E-state index < -0.39 is 11.5 Å². The van der Waals surface area contributed by atoms with Crippen LogP contribution in [0.15, 0.2) is 11.1 Å². The Morgan fingerprint density at radius 2 is 1.74 bits per heavy atom. The summed E-state index contributed by atoms with van der Waals surface area (Å²) in [6, 6.07) is 0. The summed E-state index contributed by atoms with van der Waals surface area (Å²) in [5, 5.41) is 10.7. The quantitative estimate of drug-likeness (QED) is 0.355. The first-order valence-electron chi connectivity index (χ1n) is 13.4. The van der Waals surface area contributed by atoms with Crippen LogP contribution in [0.2, 0.25) is 0 Å². The zero-order valence-electron chi connectivity index (χ0n) is 21.2. The number of hydrogen-bond acceptors (Lipinski definition) is 2. The van der Waals surface area contributed by atoms with Crippen LogP contribution in [0.3, 0.4) is 0 Å². The Kier molecular flexibility index (Phi) is 6.30. The monoisotopic (exact) mass is 428 g/mol. The number of carbonyl (C=O) groups is 1. The van der Waals surface area contributed by atoms with Crippen LogP contribution < -0.4 is 0 Å². The van der Waals surface area contributed by atoms with E-state index in [0.29, 0.717) is 11.3 Å². The van der Waals surface area contributed by atoms with Crippen molar-refractivity contribution in [3.05, 3.63) is 11.1 Å². The maximum atomic E-state index is 12.2. The first-order chi connectivity index (χ1) is 14.6. The molecule has 176 valence electrons. The van der Waals surface area contributed by atoms with Gasteiger partial charge in [0.25, 0.3) is 0 Å². The molecule has 2 fully saturated rings. The largest absolute Gasteiger partial charge is 0.392 e. The molecular formula is C29H48O2. The Morgan fingerprint density at radius 1 is 1.00 bits per heavy atom. The highest BCUT2D eigenvalue weighted by molar-refractivity contribution is 5.62. The summed E-state index contributed by atoms with van der Waals surface area (Å²) >= 11 is 0. The van der Waals surface area contributed by atoms with Crippen molar-refractivity contribution in [2.45, 2.75) is 118 Å². The minimum absolute atomic E-state index is 0.116. The van der Waals surface area contributed by atoms with Crippen molar-refractivity contribution in [1.82, 2.24) is 0 Å². The summed E-state index contributed by atoms with van der Waals surface area (Å²) in [5.41, 5.74) is 3.54. The first-order valence-corrected chi connectivity index (χ1v) is 13.4. The normalized spacial score (nSPS) is 45.8. The van der Waals surface area contributed by atoms with Crippen molar-refractivity contribution >= 4 is 6.29 Å². The van der Waals surface area contributed by atoms with Crippen LogP contribution in [0.25, 0.3) is 0 Å². The van der Waals surface area contributed by atoms with Gasteiger partial charge in [-0.2, -0.15) is 0 Å². The second kappa shape index (κ2) is 8.30.